The molecule has 2 aromatic carbocycles. The monoisotopic (exact) mass is 342 g/mol. The van der Waals surface area contributed by atoms with Crippen LogP contribution in [0.15, 0.2) is 48.5 Å². The van der Waals surface area contributed by atoms with Gasteiger partial charge < -0.3 is 18.9 Å². The lowest BCUT2D eigenvalue weighted by Crippen LogP contribution is -2.39. The van der Waals surface area contributed by atoms with Crippen LogP contribution in [-0.2, 0) is 16.1 Å². The summed E-state index contributed by atoms with van der Waals surface area (Å²) in [4.78, 5) is 11.6. The summed E-state index contributed by atoms with van der Waals surface area (Å²) in [5.41, 5.74) is 1.61. The lowest BCUT2D eigenvalue weighted by molar-refractivity contribution is -0.0688. The van der Waals surface area contributed by atoms with Crippen LogP contribution in [0.5, 0.6) is 11.5 Å². The molecule has 0 bridgehead atoms. The van der Waals surface area contributed by atoms with Gasteiger partial charge in [-0.1, -0.05) is 30.3 Å². The van der Waals surface area contributed by atoms with Gasteiger partial charge >= 0.3 is 5.97 Å². The number of methoxy groups -OCH3 is 2. The highest BCUT2D eigenvalue weighted by atomic mass is 16.5. The molecule has 132 valence electrons. The van der Waals surface area contributed by atoms with Crippen molar-refractivity contribution in [2.75, 3.05) is 14.2 Å². The van der Waals surface area contributed by atoms with E-state index < -0.39 is 5.97 Å². The molecular weight excluding hydrogens is 320 g/mol. The van der Waals surface area contributed by atoms with E-state index in [4.69, 9.17) is 18.9 Å². The third-order valence-corrected chi connectivity index (χ3v) is 4.26. The standard InChI is InChI=1S/C20H22O5/c1-22-19-10-15(20(21)23-2)8-9-18(19)25-17-11-16(12-17)24-13-14-6-4-3-5-7-14/h3-10,16-17H,11-13H2,1-2H3/t16-,17-. The Morgan fingerprint density at radius 1 is 1.00 bits per heavy atom. The van der Waals surface area contributed by atoms with Gasteiger partial charge in [0.25, 0.3) is 0 Å². The van der Waals surface area contributed by atoms with Gasteiger partial charge in [0.2, 0.25) is 0 Å². The minimum Gasteiger partial charge on any atom is -0.493 e. The Morgan fingerprint density at radius 3 is 2.44 bits per heavy atom. The van der Waals surface area contributed by atoms with Crippen LogP contribution in [0.25, 0.3) is 0 Å². The summed E-state index contributed by atoms with van der Waals surface area (Å²) in [5.74, 6) is 0.751. The van der Waals surface area contributed by atoms with Crippen molar-refractivity contribution in [3.8, 4) is 11.5 Å². The molecule has 0 heterocycles. The first-order valence-corrected chi connectivity index (χ1v) is 8.28. The molecule has 0 atom stereocenters. The zero-order valence-corrected chi connectivity index (χ0v) is 14.4. The molecule has 0 aromatic heterocycles. The summed E-state index contributed by atoms with van der Waals surface area (Å²) < 4.78 is 21.9. The van der Waals surface area contributed by atoms with Gasteiger partial charge in [-0.15, -0.1) is 0 Å². The Labute approximate surface area is 147 Å². The Bertz CT molecular complexity index is 707. The zero-order chi connectivity index (χ0) is 17.6. The van der Waals surface area contributed by atoms with E-state index in [2.05, 4.69) is 12.1 Å². The number of hydrogen-bond acceptors (Lipinski definition) is 5. The second-order valence-corrected chi connectivity index (χ2v) is 5.99. The van der Waals surface area contributed by atoms with Gasteiger partial charge in [0, 0.05) is 12.8 Å². The summed E-state index contributed by atoms with van der Waals surface area (Å²) in [6, 6.07) is 15.2. The van der Waals surface area contributed by atoms with E-state index in [0.29, 0.717) is 23.7 Å². The second kappa shape index (κ2) is 8.03. The Kier molecular flexibility index (Phi) is 5.56. The molecule has 0 spiro atoms. The predicted molar refractivity (Wildman–Crippen MR) is 93.0 cm³/mol. The molecule has 0 unspecified atom stereocenters. The molecule has 1 aliphatic carbocycles. The fourth-order valence-corrected chi connectivity index (χ4v) is 2.73. The van der Waals surface area contributed by atoms with E-state index in [9.17, 15) is 4.79 Å². The molecule has 3 rings (SSSR count). The maximum atomic E-state index is 11.6. The van der Waals surface area contributed by atoms with Crippen LogP contribution in [0.2, 0.25) is 0 Å². The Hall–Kier alpha value is -2.53. The van der Waals surface area contributed by atoms with E-state index in [1.807, 2.05) is 18.2 Å². The van der Waals surface area contributed by atoms with Crippen LogP contribution in [0.1, 0.15) is 28.8 Å². The minimum atomic E-state index is -0.400. The molecular formula is C20H22O5. The van der Waals surface area contributed by atoms with Crippen LogP contribution in [0.4, 0.5) is 0 Å². The van der Waals surface area contributed by atoms with Crippen molar-refractivity contribution in [2.24, 2.45) is 0 Å². The highest BCUT2D eigenvalue weighted by molar-refractivity contribution is 5.90. The quantitative estimate of drug-likeness (QED) is 0.720. The molecule has 0 radical (unpaired) electrons. The van der Waals surface area contributed by atoms with Crippen molar-refractivity contribution in [2.45, 2.75) is 31.7 Å². The van der Waals surface area contributed by atoms with E-state index in [1.165, 1.54) is 12.7 Å². The Morgan fingerprint density at radius 2 is 1.76 bits per heavy atom. The average Bonchev–Trinajstić information content (AvgIpc) is 2.63. The van der Waals surface area contributed by atoms with Crippen LogP contribution >= 0.6 is 0 Å². The van der Waals surface area contributed by atoms with Crippen molar-refractivity contribution in [3.63, 3.8) is 0 Å². The molecule has 5 heteroatoms. The van der Waals surface area contributed by atoms with Crippen LogP contribution in [0.3, 0.4) is 0 Å². The molecule has 2 aromatic rings. The lowest BCUT2D eigenvalue weighted by Gasteiger charge is -2.35. The third-order valence-electron chi connectivity index (χ3n) is 4.26. The first-order chi connectivity index (χ1) is 12.2. The van der Waals surface area contributed by atoms with Crippen LogP contribution in [-0.4, -0.2) is 32.4 Å². The maximum Gasteiger partial charge on any atom is 0.337 e. The zero-order valence-electron chi connectivity index (χ0n) is 14.4. The highest BCUT2D eigenvalue weighted by Gasteiger charge is 2.32. The van der Waals surface area contributed by atoms with E-state index in [1.54, 1.807) is 25.3 Å². The van der Waals surface area contributed by atoms with Crippen LogP contribution in [0, 0.1) is 0 Å². The summed E-state index contributed by atoms with van der Waals surface area (Å²) >= 11 is 0. The maximum absolute atomic E-state index is 11.6. The molecule has 1 aliphatic rings. The molecule has 1 saturated carbocycles. The van der Waals surface area contributed by atoms with Crippen LogP contribution < -0.4 is 9.47 Å². The van der Waals surface area contributed by atoms with Crippen molar-refractivity contribution in [1.82, 2.24) is 0 Å². The van der Waals surface area contributed by atoms with Gasteiger partial charge in [0.05, 0.1) is 32.5 Å². The van der Waals surface area contributed by atoms with Gasteiger partial charge in [-0.05, 0) is 23.8 Å². The van der Waals surface area contributed by atoms with E-state index in [-0.39, 0.29) is 12.2 Å². The fraction of sp³-hybridized carbons (Fsp3) is 0.350. The number of carbonyl (C=O) groups excluding carboxylic acids is 1. The molecule has 0 N–H and O–H groups in total. The fourth-order valence-electron chi connectivity index (χ4n) is 2.73. The third kappa shape index (κ3) is 4.31. The van der Waals surface area contributed by atoms with Gasteiger partial charge in [-0.2, -0.15) is 0 Å². The van der Waals surface area contributed by atoms with E-state index >= 15 is 0 Å². The normalized spacial score (nSPS) is 19.0. The molecule has 0 saturated heterocycles. The number of hydrogen-bond donors (Lipinski definition) is 0. The molecule has 0 aliphatic heterocycles. The summed E-state index contributed by atoms with van der Waals surface area (Å²) in [7, 11) is 2.90. The van der Waals surface area contributed by atoms with Gasteiger partial charge in [-0.3, -0.25) is 0 Å². The summed E-state index contributed by atoms with van der Waals surface area (Å²) in [6.07, 6.45) is 1.99. The molecule has 25 heavy (non-hydrogen) atoms. The molecule has 0 amide bonds. The predicted octanol–water partition coefficient (Wildman–Crippen LogP) is 3.61. The number of carbonyl (C=O) groups is 1. The summed E-state index contributed by atoms with van der Waals surface area (Å²) in [5, 5.41) is 0. The smallest absolute Gasteiger partial charge is 0.337 e. The first-order valence-electron chi connectivity index (χ1n) is 8.28. The minimum absolute atomic E-state index is 0.0960. The Balaban J connectivity index is 1.50. The van der Waals surface area contributed by atoms with Crippen molar-refractivity contribution in [3.05, 3.63) is 59.7 Å². The molecule has 5 nitrogen and oxygen atoms in total. The topological polar surface area (TPSA) is 54.0 Å². The van der Waals surface area contributed by atoms with Gasteiger partial charge in [0.15, 0.2) is 11.5 Å². The average molecular weight is 342 g/mol. The number of benzene rings is 2. The second-order valence-electron chi connectivity index (χ2n) is 5.99. The number of rotatable bonds is 7. The largest absolute Gasteiger partial charge is 0.493 e. The van der Waals surface area contributed by atoms with E-state index in [0.717, 1.165) is 12.8 Å². The highest BCUT2D eigenvalue weighted by Crippen LogP contribution is 2.34. The van der Waals surface area contributed by atoms with Crippen molar-refractivity contribution >= 4 is 5.97 Å². The van der Waals surface area contributed by atoms with Gasteiger partial charge in [0.1, 0.15) is 6.10 Å². The molecule has 1 fully saturated rings. The van der Waals surface area contributed by atoms with Crippen molar-refractivity contribution in [1.29, 1.82) is 0 Å². The number of ether oxygens (including phenoxy) is 4. The first kappa shape index (κ1) is 17.3. The van der Waals surface area contributed by atoms with Crippen molar-refractivity contribution < 1.29 is 23.7 Å². The SMILES string of the molecule is COC(=O)c1ccc(O[C@H]2C[C@H](OCc3ccccc3)C2)c(OC)c1. The van der Waals surface area contributed by atoms with Gasteiger partial charge in [-0.25, -0.2) is 4.79 Å². The lowest BCUT2D eigenvalue weighted by atomic mass is 9.92. The summed E-state index contributed by atoms with van der Waals surface area (Å²) in [6.45, 7) is 0.620. The number of esters is 1.